The van der Waals surface area contributed by atoms with E-state index in [-0.39, 0.29) is 24.2 Å². The first-order valence-electron chi connectivity index (χ1n) is 3.85. The molecule has 1 saturated heterocycles. The van der Waals surface area contributed by atoms with E-state index in [2.05, 4.69) is 10.3 Å². The Hall–Kier alpha value is -0.670. The lowest BCUT2D eigenvalue weighted by atomic mass is 9.90. The zero-order valence-corrected chi connectivity index (χ0v) is 7.43. The second-order valence-electron chi connectivity index (χ2n) is 2.88. The Morgan fingerprint density at radius 1 is 1.58 bits per heavy atom. The summed E-state index contributed by atoms with van der Waals surface area (Å²) in [5, 5.41) is 3.22. The standard InChI is InChI=1S/C8H10N2O.ClH/c11-8-7-2-3-9-5-6(7)1-4-10-8;/h1,4,7,9H,2-3,5H2;1H. The van der Waals surface area contributed by atoms with Crippen molar-refractivity contribution in [2.75, 3.05) is 13.1 Å². The maximum absolute atomic E-state index is 11.2. The average Bonchev–Trinajstić information content (AvgIpc) is 2.06. The number of carbonyl (C=O) groups excluding carboxylic acids is 1. The molecule has 1 fully saturated rings. The molecule has 1 amide bonds. The van der Waals surface area contributed by atoms with Gasteiger partial charge in [0.15, 0.2) is 0 Å². The van der Waals surface area contributed by atoms with Crippen molar-refractivity contribution in [3.63, 3.8) is 0 Å². The molecule has 2 aliphatic heterocycles. The summed E-state index contributed by atoms with van der Waals surface area (Å²) < 4.78 is 0. The number of allylic oxidation sites excluding steroid dienone is 1. The van der Waals surface area contributed by atoms with Gasteiger partial charge in [-0.15, -0.1) is 12.4 Å². The Labute approximate surface area is 77.4 Å². The summed E-state index contributed by atoms with van der Waals surface area (Å²) in [7, 11) is 0. The van der Waals surface area contributed by atoms with Gasteiger partial charge in [-0.05, 0) is 24.6 Å². The largest absolute Gasteiger partial charge is 0.313 e. The Morgan fingerprint density at radius 3 is 3.17 bits per heavy atom. The van der Waals surface area contributed by atoms with E-state index in [4.69, 9.17) is 0 Å². The van der Waals surface area contributed by atoms with Gasteiger partial charge in [-0.3, -0.25) is 4.79 Å². The summed E-state index contributed by atoms with van der Waals surface area (Å²) >= 11 is 0. The van der Waals surface area contributed by atoms with E-state index >= 15 is 0 Å². The maximum atomic E-state index is 11.2. The third-order valence-corrected chi connectivity index (χ3v) is 2.17. The highest BCUT2D eigenvalue weighted by atomic mass is 35.5. The van der Waals surface area contributed by atoms with Gasteiger partial charge in [0.25, 0.3) is 5.91 Å². The maximum Gasteiger partial charge on any atom is 0.252 e. The highest BCUT2D eigenvalue weighted by Gasteiger charge is 2.26. The number of rotatable bonds is 0. The minimum absolute atomic E-state index is 0. The van der Waals surface area contributed by atoms with Gasteiger partial charge in [0.1, 0.15) is 0 Å². The number of piperidine rings is 1. The third kappa shape index (κ3) is 1.57. The molecule has 3 nitrogen and oxygen atoms in total. The van der Waals surface area contributed by atoms with Crippen LogP contribution in [0.2, 0.25) is 0 Å². The summed E-state index contributed by atoms with van der Waals surface area (Å²) in [6, 6.07) is 0. The Morgan fingerprint density at radius 2 is 2.42 bits per heavy atom. The van der Waals surface area contributed by atoms with Gasteiger partial charge >= 0.3 is 0 Å². The predicted molar refractivity (Wildman–Crippen MR) is 49.8 cm³/mol. The molecule has 0 radical (unpaired) electrons. The van der Waals surface area contributed by atoms with Gasteiger partial charge < -0.3 is 5.32 Å². The van der Waals surface area contributed by atoms with E-state index in [1.54, 1.807) is 6.21 Å². The SMILES string of the molecule is Cl.O=C1N=CC=C2CNCCC12. The number of amides is 1. The first kappa shape index (κ1) is 9.42. The quantitative estimate of drug-likeness (QED) is 0.601. The van der Waals surface area contributed by atoms with E-state index in [0.29, 0.717) is 0 Å². The normalized spacial score (nSPS) is 27.2. The van der Waals surface area contributed by atoms with Gasteiger partial charge in [-0.1, -0.05) is 0 Å². The zero-order chi connectivity index (χ0) is 7.68. The van der Waals surface area contributed by atoms with Crippen molar-refractivity contribution < 1.29 is 4.79 Å². The first-order chi connectivity index (χ1) is 5.38. The number of nitrogens with zero attached hydrogens (tertiary/aromatic N) is 1. The Bertz CT molecular complexity index is 247. The molecule has 0 aliphatic carbocycles. The number of nitrogens with one attached hydrogen (secondary N) is 1. The highest BCUT2D eigenvalue weighted by molar-refractivity contribution is 5.95. The molecular weight excluding hydrogens is 176 g/mol. The lowest BCUT2D eigenvalue weighted by Crippen LogP contribution is -2.35. The second-order valence-corrected chi connectivity index (χ2v) is 2.88. The zero-order valence-electron chi connectivity index (χ0n) is 6.62. The molecule has 0 saturated carbocycles. The van der Waals surface area contributed by atoms with Gasteiger partial charge in [0, 0.05) is 12.8 Å². The smallest absolute Gasteiger partial charge is 0.252 e. The van der Waals surface area contributed by atoms with Crippen LogP contribution in [0.25, 0.3) is 0 Å². The number of hydrogen-bond acceptors (Lipinski definition) is 2. The van der Waals surface area contributed by atoms with Crippen molar-refractivity contribution in [2.24, 2.45) is 10.9 Å². The van der Waals surface area contributed by atoms with Crippen molar-refractivity contribution in [3.8, 4) is 0 Å². The molecule has 66 valence electrons. The van der Waals surface area contributed by atoms with Crippen LogP contribution < -0.4 is 5.32 Å². The fourth-order valence-corrected chi connectivity index (χ4v) is 1.54. The van der Waals surface area contributed by atoms with Gasteiger partial charge in [-0.25, -0.2) is 4.99 Å². The molecule has 12 heavy (non-hydrogen) atoms. The Balaban J connectivity index is 0.000000720. The number of halogens is 1. The number of fused-ring (bicyclic) bond motifs is 1. The van der Waals surface area contributed by atoms with Crippen molar-refractivity contribution in [1.82, 2.24) is 5.32 Å². The lowest BCUT2D eigenvalue weighted by molar-refractivity contribution is -0.120. The Kier molecular flexibility index (Phi) is 3.00. The fourth-order valence-electron chi connectivity index (χ4n) is 1.54. The molecule has 2 aliphatic rings. The topological polar surface area (TPSA) is 41.5 Å². The monoisotopic (exact) mass is 186 g/mol. The van der Waals surface area contributed by atoms with Crippen molar-refractivity contribution in [2.45, 2.75) is 6.42 Å². The lowest BCUT2D eigenvalue weighted by Gasteiger charge is -2.24. The molecule has 4 heteroatoms. The molecule has 0 aromatic carbocycles. The highest BCUT2D eigenvalue weighted by Crippen LogP contribution is 2.21. The minimum atomic E-state index is 0. The molecular formula is C8H11ClN2O. The van der Waals surface area contributed by atoms with Gasteiger partial charge in [-0.2, -0.15) is 0 Å². The van der Waals surface area contributed by atoms with E-state index in [1.807, 2.05) is 6.08 Å². The van der Waals surface area contributed by atoms with Crippen LogP contribution in [-0.4, -0.2) is 25.2 Å². The number of aliphatic imine (C=N–C) groups is 1. The summed E-state index contributed by atoms with van der Waals surface area (Å²) in [5.41, 5.74) is 1.19. The fraction of sp³-hybridized carbons (Fsp3) is 0.500. The third-order valence-electron chi connectivity index (χ3n) is 2.17. The molecule has 2 heterocycles. The summed E-state index contributed by atoms with van der Waals surface area (Å²) in [5.74, 6) is 0.116. The van der Waals surface area contributed by atoms with Crippen LogP contribution in [0.4, 0.5) is 0 Å². The molecule has 0 bridgehead atoms. The molecule has 2 rings (SSSR count). The van der Waals surface area contributed by atoms with Crippen LogP contribution in [0.15, 0.2) is 16.6 Å². The van der Waals surface area contributed by atoms with E-state index < -0.39 is 0 Å². The van der Waals surface area contributed by atoms with Gasteiger partial charge in [0.05, 0.1) is 5.92 Å². The summed E-state index contributed by atoms with van der Waals surface area (Å²) in [6.07, 6.45) is 4.45. The van der Waals surface area contributed by atoms with Crippen molar-refractivity contribution in [1.29, 1.82) is 0 Å². The van der Waals surface area contributed by atoms with Crippen LogP contribution in [-0.2, 0) is 4.79 Å². The molecule has 0 aromatic rings. The molecule has 1 N–H and O–H groups in total. The summed E-state index contributed by atoms with van der Waals surface area (Å²) in [6.45, 7) is 1.78. The average molecular weight is 187 g/mol. The number of hydrogen-bond donors (Lipinski definition) is 1. The molecule has 0 spiro atoms. The number of dihydropyridines is 1. The van der Waals surface area contributed by atoms with E-state index in [0.717, 1.165) is 19.5 Å². The van der Waals surface area contributed by atoms with Crippen LogP contribution in [0.1, 0.15) is 6.42 Å². The summed E-state index contributed by atoms with van der Waals surface area (Å²) in [4.78, 5) is 14.9. The van der Waals surface area contributed by atoms with Crippen molar-refractivity contribution >= 4 is 24.5 Å². The molecule has 1 atom stereocenters. The van der Waals surface area contributed by atoms with Crippen LogP contribution in [0, 0.1) is 5.92 Å². The number of carbonyl (C=O) groups is 1. The second kappa shape index (κ2) is 3.83. The molecule has 1 unspecified atom stereocenters. The van der Waals surface area contributed by atoms with Gasteiger partial charge in [0.2, 0.25) is 0 Å². The van der Waals surface area contributed by atoms with Crippen LogP contribution in [0.5, 0.6) is 0 Å². The first-order valence-corrected chi connectivity index (χ1v) is 3.85. The minimum Gasteiger partial charge on any atom is -0.313 e. The van der Waals surface area contributed by atoms with Crippen molar-refractivity contribution in [3.05, 3.63) is 11.6 Å². The predicted octanol–water partition coefficient (Wildman–Crippen LogP) is 0.555. The van der Waals surface area contributed by atoms with Crippen LogP contribution >= 0.6 is 12.4 Å². The molecule has 0 aromatic heterocycles. The van der Waals surface area contributed by atoms with E-state index in [9.17, 15) is 4.79 Å². The van der Waals surface area contributed by atoms with Crippen LogP contribution in [0.3, 0.4) is 0 Å². The van der Waals surface area contributed by atoms with E-state index in [1.165, 1.54) is 5.57 Å².